The van der Waals surface area contributed by atoms with Gasteiger partial charge in [0, 0.05) is 55.5 Å². The Kier molecular flexibility index (Phi) is 4.16. The van der Waals surface area contributed by atoms with Crippen LogP contribution >= 0.6 is 0 Å². The maximum absolute atomic E-state index is 12.8. The van der Waals surface area contributed by atoms with Crippen molar-refractivity contribution < 1.29 is 9.53 Å². The van der Waals surface area contributed by atoms with Gasteiger partial charge in [-0.3, -0.25) is 9.59 Å². The minimum Gasteiger partial charge on any atom is -0.384 e. The number of piperidine rings is 1. The van der Waals surface area contributed by atoms with Gasteiger partial charge in [-0.15, -0.1) is 0 Å². The monoisotopic (exact) mass is 381 g/mol. The van der Waals surface area contributed by atoms with Gasteiger partial charge in [0.1, 0.15) is 18.2 Å². The van der Waals surface area contributed by atoms with Gasteiger partial charge in [-0.25, -0.2) is 9.97 Å². The number of ether oxygens (including phenoxy) is 1. The van der Waals surface area contributed by atoms with Crippen LogP contribution in [0, 0.1) is 5.92 Å². The third-order valence-corrected chi connectivity index (χ3v) is 6.06. The van der Waals surface area contributed by atoms with Crippen molar-refractivity contribution in [3.8, 4) is 11.3 Å². The summed E-state index contributed by atoms with van der Waals surface area (Å²) in [5.74, 6) is 0.913. The number of carbonyl (C=O) groups excluding carboxylic acids is 1. The fourth-order valence-corrected chi connectivity index (χ4v) is 4.79. The lowest BCUT2D eigenvalue weighted by Gasteiger charge is -2.43. The molecule has 2 saturated heterocycles. The molecular formula is C20H23N5O3. The molecule has 146 valence electrons. The highest BCUT2D eigenvalue weighted by Gasteiger charge is 2.39. The first-order valence-electron chi connectivity index (χ1n) is 9.81. The van der Waals surface area contributed by atoms with Gasteiger partial charge in [0.05, 0.1) is 5.69 Å². The Hall–Kier alpha value is -2.74. The van der Waals surface area contributed by atoms with Crippen molar-refractivity contribution in [3.63, 3.8) is 0 Å². The van der Waals surface area contributed by atoms with E-state index in [9.17, 15) is 9.59 Å². The smallest absolute Gasteiger partial charge is 0.251 e. The van der Waals surface area contributed by atoms with E-state index in [4.69, 9.17) is 10.5 Å². The van der Waals surface area contributed by atoms with Crippen LogP contribution < -0.4 is 11.3 Å². The van der Waals surface area contributed by atoms with E-state index in [0.717, 1.165) is 30.5 Å². The van der Waals surface area contributed by atoms with Crippen LogP contribution in [0.4, 0.5) is 5.82 Å². The molecule has 1 amide bonds. The molecule has 3 aliphatic rings. The first kappa shape index (κ1) is 17.4. The summed E-state index contributed by atoms with van der Waals surface area (Å²) in [6.45, 7) is 2.64. The summed E-state index contributed by atoms with van der Waals surface area (Å²) < 4.78 is 7.46. The second-order valence-electron chi connectivity index (χ2n) is 7.99. The fourth-order valence-electron chi connectivity index (χ4n) is 4.79. The Morgan fingerprint density at radius 3 is 2.86 bits per heavy atom. The first-order chi connectivity index (χ1) is 13.6. The van der Waals surface area contributed by atoms with Gasteiger partial charge in [-0.1, -0.05) is 0 Å². The highest BCUT2D eigenvalue weighted by atomic mass is 16.5. The van der Waals surface area contributed by atoms with Gasteiger partial charge in [0.2, 0.25) is 0 Å². The normalized spacial score (nSPS) is 26.1. The lowest BCUT2D eigenvalue weighted by atomic mass is 9.82. The lowest BCUT2D eigenvalue weighted by Crippen LogP contribution is -2.51. The van der Waals surface area contributed by atoms with Crippen molar-refractivity contribution in [1.29, 1.82) is 0 Å². The number of rotatable bonds is 2. The van der Waals surface area contributed by atoms with E-state index in [1.807, 2.05) is 15.5 Å². The highest BCUT2D eigenvalue weighted by molar-refractivity contribution is 5.81. The van der Waals surface area contributed by atoms with Crippen molar-refractivity contribution >= 4 is 11.7 Å². The molecule has 5 heterocycles. The molecule has 0 spiro atoms. The zero-order valence-corrected chi connectivity index (χ0v) is 15.6. The number of aromatic nitrogens is 3. The molecule has 8 heteroatoms. The number of nitrogens with zero attached hydrogens (tertiary/aromatic N) is 4. The van der Waals surface area contributed by atoms with Crippen molar-refractivity contribution in [1.82, 2.24) is 19.4 Å². The molecule has 2 fully saturated rings. The van der Waals surface area contributed by atoms with E-state index in [2.05, 4.69) is 9.97 Å². The van der Waals surface area contributed by atoms with Gasteiger partial charge < -0.3 is 19.9 Å². The van der Waals surface area contributed by atoms with Gasteiger partial charge in [-0.2, -0.15) is 0 Å². The summed E-state index contributed by atoms with van der Waals surface area (Å²) in [7, 11) is 0. The zero-order chi connectivity index (χ0) is 19.3. The van der Waals surface area contributed by atoms with E-state index in [0.29, 0.717) is 43.7 Å². The summed E-state index contributed by atoms with van der Waals surface area (Å²) in [5, 5.41) is 0. The molecule has 28 heavy (non-hydrogen) atoms. The van der Waals surface area contributed by atoms with E-state index >= 15 is 0 Å². The summed E-state index contributed by atoms with van der Waals surface area (Å²) in [5.41, 5.74) is 8.10. The zero-order valence-electron chi connectivity index (χ0n) is 15.6. The molecule has 2 aromatic heterocycles. The molecule has 2 bridgehead atoms. The van der Waals surface area contributed by atoms with Gasteiger partial charge in [0.25, 0.3) is 11.5 Å². The molecule has 0 aliphatic carbocycles. The predicted molar refractivity (Wildman–Crippen MR) is 103 cm³/mol. The summed E-state index contributed by atoms with van der Waals surface area (Å²) >= 11 is 0. The van der Waals surface area contributed by atoms with Crippen molar-refractivity contribution in [2.45, 2.75) is 37.8 Å². The number of pyridine rings is 1. The van der Waals surface area contributed by atoms with Gasteiger partial charge in [-0.05, 0) is 31.2 Å². The number of nitrogens with two attached hydrogens (primary N) is 1. The first-order valence-corrected chi connectivity index (χ1v) is 9.81. The quantitative estimate of drug-likeness (QED) is 0.833. The van der Waals surface area contributed by atoms with E-state index in [-0.39, 0.29) is 23.5 Å². The van der Waals surface area contributed by atoms with Crippen molar-refractivity contribution in [2.24, 2.45) is 5.92 Å². The molecule has 3 atom stereocenters. The van der Waals surface area contributed by atoms with Crippen LogP contribution in [-0.4, -0.2) is 51.1 Å². The van der Waals surface area contributed by atoms with E-state index < -0.39 is 0 Å². The highest BCUT2D eigenvalue weighted by Crippen LogP contribution is 2.37. The maximum Gasteiger partial charge on any atom is 0.251 e. The van der Waals surface area contributed by atoms with Gasteiger partial charge in [0.15, 0.2) is 0 Å². The van der Waals surface area contributed by atoms with Gasteiger partial charge >= 0.3 is 0 Å². The predicted octanol–water partition coefficient (Wildman–Crippen LogP) is 1.01. The van der Waals surface area contributed by atoms with Crippen LogP contribution in [0.2, 0.25) is 0 Å². The Labute approximate surface area is 162 Å². The number of amides is 1. The molecule has 0 aromatic carbocycles. The number of anilines is 1. The topological polar surface area (TPSA) is 103 Å². The van der Waals surface area contributed by atoms with Crippen LogP contribution in [0.15, 0.2) is 29.3 Å². The Morgan fingerprint density at radius 2 is 2.07 bits per heavy atom. The molecule has 8 nitrogen and oxygen atoms in total. The molecule has 3 aliphatic heterocycles. The number of fused-ring (bicyclic) bond motifs is 4. The maximum atomic E-state index is 12.8. The number of nitrogen functional groups attached to an aromatic ring is 1. The number of carbonyl (C=O) groups is 1. The lowest BCUT2D eigenvalue weighted by molar-refractivity contribution is -0.143. The van der Waals surface area contributed by atoms with E-state index in [1.165, 1.54) is 6.33 Å². The van der Waals surface area contributed by atoms with Crippen LogP contribution in [-0.2, 0) is 16.1 Å². The summed E-state index contributed by atoms with van der Waals surface area (Å²) in [6, 6.07) is 5.30. The second-order valence-corrected chi connectivity index (χ2v) is 7.99. The minimum atomic E-state index is -0.295. The molecule has 0 radical (unpaired) electrons. The standard InChI is InChI=1S/C20H23N5O3/c21-18-7-15(22-11-23-18)13-5-16-14-4-12(9-25(16)19(26)6-13)8-24(10-14)20(27)17-2-1-3-28-17/h5-7,11-12,14,17H,1-4,8-10H2,(H2,21,22,23)/t12-,14+,17-/m0/s1. The molecular weight excluding hydrogens is 358 g/mol. The van der Waals surface area contributed by atoms with Crippen molar-refractivity contribution in [2.75, 3.05) is 25.4 Å². The molecule has 5 rings (SSSR count). The Morgan fingerprint density at radius 1 is 1.18 bits per heavy atom. The molecule has 2 N–H and O–H groups in total. The molecule has 2 aromatic rings. The minimum absolute atomic E-state index is 0.0294. The SMILES string of the molecule is Nc1cc(-c2cc3n(c(=O)c2)C[C@H]2C[C@@H]3CN(C(=O)[C@@H]3CCCO3)C2)ncn1. The third-order valence-electron chi connectivity index (χ3n) is 6.06. The Bertz CT molecular complexity index is 982. The second kappa shape index (κ2) is 6.70. The summed E-state index contributed by atoms with van der Waals surface area (Å²) in [4.78, 5) is 35.7. The van der Waals surface area contributed by atoms with Crippen LogP contribution in [0.1, 0.15) is 30.9 Å². The average Bonchev–Trinajstić information content (AvgIpc) is 3.23. The summed E-state index contributed by atoms with van der Waals surface area (Å²) in [6.07, 6.45) is 3.85. The number of likely N-dealkylation sites (tertiary alicyclic amines) is 1. The fraction of sp³-hybridized carbons (Fsp3) is 0.500. The average molecular weight is 381 g/mol. The van der Waals surface area contributed by atoms with Crippen LogP contribution in [0.5, 0.6) is 0 Å². The number of hydrogen-bond donors (Lipinski definition) is 1. The third kappa shape index (κ3) is 2.97. The number of hydrogen-bond acceptors (Lipinski definition) is 6. The largest absolute Gasteiger partial charge is 0.384 e. The van der Waals surface area contributed by atoms with Crippen LogP contribution in [0.25, 0.3) is 11.3 Å². The Balaban J connectivity index is 1.48. The van der Waals surface area contributed by atoms with Crippen molar-refractivity contribution in [3.05, 3.63) is 40.6 Å². The van der Waals surface area contributed by atoms with E-state index in [1.54, 1.807) is 12.1 Å². The van der Waals surface area contributed by atoms with Crippen LogP contribution in [0.3, 0.4) is 0 Å². The molecule has 0 saturated carbocycles. The molecule has 0 unspecified atom stereocenters.